The zero-order chi connectivity index (χ0) is 20.3. The Kier molecular flexibility index (Phi) is 5.67. The zero-order valence-electron chi connectivity index (χ0n) is 15.8. The van der Waals surface area contributed by atoms with Crippen molar-refractivity contribution >= 4 is 17.6 Å². The van der Waals surface area contributed by atoms with Crippen LogP contribution in [-0.2, 0) is 23.2 Å². The average molecular weight is 391 g/mol. The van der Waals surface area contributed by atoms with E-state index in [4.69, 9.17) is 9.26 Å². The molecule has 10 nitrogen and oxygen atoms in total. The van der Waals surface area contributed by atoms with Crippen LogP contribution in [0.15, 0.2) is 33.6 Å². The number of nitrogens with one attached hydrogen (secondary N) is 1. The Morgan fingerprint density at radius 1 is 1.29 bits per heavy atom. The quantitative estimate of drug-likeness (QED) is 0.572. The van der Waals surface area contributed by atoms with E-state index in [-0.39, 0.29) is 31.6 Å². The van der Waals surface area contributed by atoms with Crippen molar-refractivity contribution < 1.29 is 28.6 Å². The Hall–Kier alpha value is -3.30. The molecule has 1 saturated carbocycles. The summed E-state index contributed by atoms with van der Waals surface area (Å²) < 4.78 is 11.3. The highest BCUT2D eigenvalue weighted by molar-refractivity contribution is 5.84. The molecule has 28 heavy (non-hydrogen) atoms. The summed E-state index contributed by atoms with van der Waals surface area (Å²) in [4.78, 5) is 39.2. The van der Waals surface area contributed by atoms with Crippen LogP contribution in [0.5, 0.6) is 5.75 Å². The summed E-state index contributed by atoms with van der Waals surface area (Å²) in [5.74, 6) is -0.656. The van der Waals surface area contributed by atoms with Crippen molar-refractivity contribution in [2.24, 2.45) is 7.05 Å². The fourth-order valence-corrected chi connectivity index (χ4v) is 2.95. The first-order chi connectivity index (χ1) is 13.4. The fraction of sp³-hybridized carbons (Fsp3) is 0.444. The first kappa shape index (κ1) is 19.5. The van der Waals surface area contributed by atoms with Crippen molar-refractivity contribution in [2.75, 3.05) is 25.1 Å². The van der Waals surface area contributed by atoms with Gasteiger partial charge in [0.1, 0.15) is 18.8 Å². The van der Waals surface area contributed by atoms with E-state index >= 15 is 0 Å². The van der Waals surface area contributed by atoms with Crippen LogP contribution in [0, 0.1) is 0 Å². The smallest absolute Gasteiger partial charge is 0.431 e. The monoisotopic (exact) mass is 391 g/mol. The van der Waals surface area contributed by atoms with E-state index in [0.717, 1.165) is 12.8 Å². The Labute approximate surface area is 160 Å². The molecule has 1 aliphatic rings. The second-order valence-electron chi connectivity index (χ2n) is 6.69. The van der Waals surface area contributed by atoms with Crippen molar-refractivity contribution in [1.82, 2.24) is 10.2 Å². The molecule has 0 radical (unpaired) electrons. The molecule has 1 heterocycles. The third-order valence-electron chi connectivity index (χ3n) is 4.63. The van der Waals surface area contributed by atoms with Crippen LogP contribution in [0.1, 0.15) is 18.5 Å². The molecule has 1 amide bonds. The largest absolute Gasteiger partial charge is 0.497 e. The van der Waals surface area contributed by atoms with E-state index < -0.39 is 11.6 Å². The van der Waals surface area contributed by atoms with Gasteiger partial charge >= 0.3 is 17.3 Å². The summed E-state index contributed by atoms with van der Waals surface area (Å²) in [6, 6.07) is 6.87. The number of aromatic amines is 1. The lowest BCUT2D eigenvalue weighted by Crippen LogP contribution is -2.46. The molecule has 10 heteroatoms. The van der Waals surface area contributed by atoms with E-state index in [2.05, 4.69) is 5.27 Å². The van der Waals surface area contributed by atoms with Crippen LogP contribution in [0.3, 0.4) is 0 Å². The summed E-state index contributed by atoms with van der Waals surface area (Å²) in [5, 5.41) is 11.7. The van der Waals surface area contributed by atoms with E-state index in [1.54, 1.807) is 43.3 Å². The number of aliphatic carboxylic acids is 1. The number of rotatable bonds is 9. The minimum absolute atomic E-state index is 0.0457. The molecular formula is C18H23N4O6+. The minimum Gasteiger partial charge on any atom is -0.497 e. The molecule has 2 aromatic rings. The molecule has 0 atom stereocenters. The van der Waals surface area contributed by atoms with Crippen LogP contribution in [-0.4, -0.2) is 53.4 Å². The molecule has 0 unspecified atom stereocenters. The van der Waals surface area contributed by atoms with Gasteiger partial charge in [0.05, 0.1) is 13.7 Å². The molecule has 1 aromatic carbocycles. The number of carbonyl (C=O) groups is 2. The fourth-order valence-electron chi connectivity index (χ4n) is 2.95. The van der Waals surface area contributed by atoms with Crippen LogP contribution in [0.4, 0.5) is 5.69 Å². The number of nitrogens with zero attached hydrogens (tertiary/aromatic N) is 3. The highest BCUT2D eigenvalue weighted by atomic mass is 16.5. The summed E-state index contributed by atoms with van der Waals surface area (Å²) in [6.07, 6.45) is 1.71. The topological polar surface area (TPSA) is 120 Å². The molecular weight excluding hydrogens is 368 g/mol. The third kappa shape index (κ3) is 4.51. The Morgan fingerprint density at radius 2 is 1.96 bits per heavy atom. The van der Waals surface area contributed by atoms with E-state index in [0.29, 0.717) is 17.1 Å². The number of amides is 1. The Balaban J connectivity index is 1.78. The van der Waals surface area contributed by atoms with Gasteiger partial charge in [-0.3, -0.25) is 14.1 Å². The molecule has 150 valence electrons. The van der Waals surface area contributed by atoms with E-state index in [9.17, 15) is 19.5 Å². The highest BCUT2D eigenvalue weighted by Crippen LogP contribution is 2.28. The van der Waals surface area contributed by atoms with Gasteiger partial charge in [0.25, 0.3) is 0 Å². The van der Waals surface area contributed by atoms with Gasteiger partial charge in [0, 0.05) is 11.7 Å². The summed E-state index contributed by atoms with van der Waals surface area (Å²) in [6.45, 7) is -0.333. The number of carboxylic acid groups (broad SMARTS) is 1. The van der Waals surface area contributed by atoms with Crippen LogP contribution >= 0.6 is 0 Å². The van der Waals surface area contributed by atoms with Crippen LogP contribution in [0.25, 0.3) is 0 Å². The number of hydrogen-bond donors (Lipinski definition) is 2. The number of aromatic nitrogens is 2. The second-order valence-corrected chi connectivity index (χ2v) is 6.69. The molecule has 1 aromatic heterocycles. The number of aryl methyl sites for hydroxylation is 1. The third-order valence-corrected chi connectivity index (χ3v) is 4.63. The lowest BCUT2D eigenvalue weighted by Gasteiger charge is -2.27. The maximum Gasteiger partial charge on any atom is 0.431 e. The van der Waals surface area contributed by atoms with Gasteiger partial charge in [-0.2, -0.15) is 0 Å². The number of anilines is 1. The van der Waals surface area contributed by atoms with Gasteiger partial charge in [0.15, 0.2) is 7.05 Å². The zero-order valence-corrected chi connectivity index (χ0v) is 15.8. The van der Waals surface area contributed by atoms with Crippen LogP contribution in [0.2, 0.25) is 0 Å². The summed E-state index contributed by atoms with van der Waals surface area (Å²) in [7, 11) is 3.17. The van der Waals surface area contributed by atoms with Gasteiger partial charge < -0.3 is 19.6 Å². The van der Waals surface area contributed by atoms with Crippen molar-refractivity contribution in [3.05, 3.63) is 40.4 Å². The molecule has 0 bridgehead atoms. The van der Waals surface area contributed by atoms with Gasteiger partial charge in [-0.1, -0.05) is 4.68 Å². The number of carbonyl (C=O) groups excluding carboxylic acids is 1. The van der Waals surface area contributed by atoms with Gasteiger partial charge in [-0.25, -0.2) is 4.79 Å². The predicted octanol–water partition coefficient (Wildman–Crippen LogP) is -0.117. The molecule has 1 fully saturated rings. The Bertz CT molecular complexity index is 900. The normalized spacial score (nSPS) is 13.2. The number of benzene rings is 1. The van der Waals surface area contributed by atoms with E-state index in [1.807, 2.05) is 0 Å². The number of hydrogen-bond acceptors (Lipinski definition) is 6. The molecule has 0 spiro atoms. The molecule has 3 rings (SSSR count). The lowest BCUT2D eigenvalue weighted by atomic mass is 10.2. The number of H-pyrrole nitrogens is 1. The lowest BCUT2D eigenvalue weighted by molar-refractivity contribution is -0.746. The van der Waals surface area contributed by atoms with Crippen molar-refractivity contribution in [3.63, 3.8) is 0 Å². The second kappa shape index (κ2) is 8.15. The minimum atomic E-state index is -1.04. The molecule has 0 aliphatic heterocycles. The maximum atomic E-state index is 13.0. The highest BCUT2D eigenvalue weighted by Gasteiger charge is 2.36. The summed E-state index contributed by atoms with van der Waals surface area (Å²) >= 11 is 0. The predicted molar refractivity (Wildman–Crippen MR) is 96.9 cm³/mol. The standard InChI is InChI=1S/C18H22N4O6/c1-20-15(18(26)28-19-20)9-22(13-3-4-13)16(23)10-21(11-17(24)25)12-5-7-14(27-2)8-6-12/h5-8,13H,3-4,9-11H2,1-2H3,(H-,19,24,25,26)/p+1. The van der Waals surface area contributed by atoms with Crippen molar-refractivity contribution in [1.29, 1.82) is 0 Å². The van der Waals surface area contributed by atoms with Gasteiger partial charge in [-0.05, 0) is 42.4 Å². The van der Waals surface area contributed by atoms with E-state index in [1.165, 1.54) is 9.58 Å². The van der Waals surface area contributed by atoms with Crippen molar-refractivity contribution in [3.8, 4) is 5.75 Å². The average Bonchev–Trinajstić information content (AvgIpc) is 3.45. The maximum absolute atomic E-state index is 13.0. The molecule has 2 N–H and O–H groups in total. The Morgan fingerprint density at radius 3 is 2.46 bits per heavy atom. The first-order valence-corrected chi connectivity index (χ1v) is 8.85. The summed E-state index contributed by atoms with van der Waals surface area (Å²) in [5.41, 5.74) is 0.395. The van der Waals surface area contributed by atoms with Gasteiger partial charge in [0.2, 0.25) is 5.91 Å². The SMILES string of the molecule is COc1ccc(N(CC(=O)O)CC(=O)N(Cc2c(=O)o[nH][n+]2C)C2CC2)cc1. The number of carboxylic acids is 1. The number of methoxy groups -OCH3 is 1. The molecule has 1 aliphatic carbocycles. The molecule has 0 saturated heterocycles. The van der Waals surface area contributed by atoms with Crippen molar-refractivity contribution in [2.45, 2.75) is 25.4 Å². The number of ether oxygens (including phenoxy) is 1. The first-order valence-electron chi connectivity index (χ1n) is 8.85. The van der Waals surface area contributed by atoms with Crippen LogP contribution < -0.4 is 19.9 Å². The van der Waals surface area contributed by atoms with Gasteiger partial charge in [-0.15, -0.1) is 0 Å².